The van der Waals surface area contributed by atoms with Gasteiger partial charge in [-0.15, -0.1) is 0 Å². The summed E-state index contributed by atoms with van der Waals surface area (Å²) in [7, 11) is 0. The number of hydrogen-bond donors (Lipinski definition) is 7. The second-order valence-electron chi connectivity index (χ2n) is 6.56. The van der Waals surface area contributed by atoms with Gasteiger partial charge in [-0.25, -0.2) is 19.4 Å². The molecule has 1 aromatic heterocycles. The van der Waals surface area contributed by atoms with E-state index in [2.05, 4.69) is 15.6 Å². The number of pyridine rings is 1. The molecule has 0 aliphatic heterocycles. The van der Waals surface area contributed by atoms with E-state index in [-0.39, 0.29) is 31.1 Å². The highest BCUT2D eigenvalue weighted by Gasteiger charge is 2.24. The van der Waals surface area contributed by atoms with E-state index >= 15 is 0 Å². The van der Waals surface area contributed by atoms with Crippen LogP contribution in [0.25, 0.3) is 0 Å². The van der Waals surface area contributed by atoms with Crippen molar-refractivity contribution in [1.29, 1.82) is 0 Å². The smallest absolute Gasteiger partial charge is 0.326 e. The van der Waals surface area contributed by atoms with E-state index < -0.39 is 42.4 Å². The number of unbranched alkanes of at least 4 members (excludes halogenated alkanes) is 1. The minimum Gasteiger partial charge on any atom is -0.481 e. The van der Waals surface area contributed by atoms with Gasteiger partial charge in [0, 0.05) is 19.2 Å². The van der Waals surface area contributed by atoms with Crippen LogP contribution in [0.15, 0.2) is 18.3 Å². The molecule has 1 rings (SSSR count). The maximum Gasteiger partial charge on any atom is 0.326 e. The molecule has 170 valence electrons. The topological polar surface area (TPSA) is 221 Å². The van der Waals surface area contributed by atoms with Crippen LogP contribution in [0.1, 0.15) is 42.5 Å². The lowest BCUT2D eigenvalue weighted by atomic mass is 10.1. The SMILES string of the molecule is Nc1ccc(C(=O)NCCCCC(NC(=O)NC(CCC(=O)O)C(=O)O)C(=O)O)cn1. The van der Waals surface area contributed by atoms with E-state index in [4.69, 9.17) is 15.9 Å². The Morgan fingerprint density at radius 2 is 1.55 bits per heavy atom. The summed E-state index contributed by atoms with van der Waals surface area (Å²) in [6.45, 7) is 0.262. The van der Waals surface area contributed by atoms with Crippen molar-refractivity contribution in [2.24, 2.45) is 0 Å². The van der Waals surface area contributed by atoms with Crippen LogP contribution in [0.4, 0.5) is 10.6 Å². The van der Waals surface area contributed by atoms with E-state index in [1.165, 1.54) is 18.3 Å². The first-order valence-corrected chi connectivity index (χ1v) is 9.34. The highest BCUT2D eigenvalue weighted by Crippen LogP contribution is 2.04. The summed E-state index contributed by atoms with van der Waals surface area (Å²) in [6.07, 6.45) is 1.32. The summed E-state index contributed by atoms with van der Waals surface area (Å²) >= 11 is 0. The van der Waals surface area contributed by atoms with E-state index in [1.807, 2.05) is 5.32 Å². The van der Waals surface area contributed by atoms with Crippen LogP contribution in [-0.2, 0) is 14.4 Å². The molecule has 13 heteroatoms. The maximum atomic E-state index is 11.9. The molecular formula is C18H25N5O8. The Bertz CT molecular complexity index is 799. The number of nitrogen functional groups attached to an aromatic ring is 1. The van der Waals surface area contributed by atoms with Crippen molar-refractivity contribution < 1.29 is 39.3 Å². The van der Waals surface area contributed by atoms with Crippen molar-refractivity contribution in [3.63, 3.8) is 0 Å². The first kappa shape index (κ1) is 25.1. The molecule has 31 heavy (non-hydrogen) atoms. The first-order chi connectivity index (χ1) is 14.6. The molecule has 0 bridgehead atoms. The first-order valence-electron chi connectivity index (χ1n) is 9.34. The van der Waals surface area contributed by atoms with E-state index in [9.17, 15) is 29.1 Å². The van der Waals surface area contributed by atoms with Gasteiger partial charge < -0.3 is 37.0 Å². The zero-order chi connectivity index (χ0) is 23.4. The fraction of sp³-hybridized carbons (Fsp3) is 0.444. The predicted octanol–water partition coefficient (Wildman–Crippen LogP) is -0.366. The van der Waals surface area contributed by atoms with Gasteiger partial charge >= 0.3 is 23.9 Å². The molecule has 1 aromatic rings. The lowest BCUT2D eigenvalue weighted by Gasteiger charge is -2.18. The molecular weight excluding hydrogens is 414 g/mol. The molecule has 0 aliphatic carbocycles. The zero-order valence-electron chi connectivity index (χ0n) is 16.5. The Balaban J connectivity index is 2.41. The average Bonchev–Trinajstić information content (AvgIpc) is 2.69. The second-order valence-corrected chi connectivity index (χ2v) is 6.56. The van der Waals surface area contributed by atoms with Crippen LogP contribution in [-0.4, -0.2) is 68.8 Å². The summed E-state index contributed by atoms with van der Waals surface area (Å²) < 4.78 is 0. The van der Waals surface area contributed by atoms with E-state index in [0.717, 1.165) is 0 Å². The minimum absolute atomic E-state index is 0.0366. The van der Waals surface area contributed by atoms with Crippen molar-refractivity contribution in [1.82, 2.24) is 20.9 Å². The fourth-order valence-electron chi connectivity index (χ4n) is 2.46. The Morgan fingerprint density at radius 1 is 0.935 bits per heavy atom. The number of nitrogens with zero attached hydrogens (tertiary/aromatic N) is 1. The Hall–Kier alpha value is -3.90. The van der Waals surface area contributed by atoms with Crippen LogP contribution in [0.2, 0.25) is 0 Å². The molecule has 0 saturated heterocycles. The molecule has 0 aliphatic rings. The number of aliphatic carboxylic acids is 3. The van der Waals surface area contributed by atoms with Crippen LogP contribution < -0.4 is 21.7 Å². The van der Waals surface area contributed by atoms with Gasteiger partial charge in [0.25, 0.3) is 5.91 Å². The number of rotatable bonds is 13. The Kier molecular flexibility index (Phi) is 10.2. The number of carboxylic acids is 3. The van der Waals surface area contributed by atoms with Crippen molar-refractivity contribution >= 4 is 35.7 Å². The molecule has 0 saturated carbocycles. The number of carbonyl (C=O) groups excluding carboxylic acids is 2. The van der Waals surface area contributed by atoms with Gasteiger partial charge in [0.05, 0.1) is 5.56 Å². The summed E-state index contributed by atoms with van der Waals surface area (Å²) in [5.74, 6) is -4.05. The molecule has 0 radical (unpaired) electrons. The summed E-state index contributed by atoms with van der Waals surface area (Å²) in [5.41, 5.74) is 5.77. The highest BCUT2D eigenvalue weighted by molar-refractivity contribution is 5.94. The van der Waals surface area contributed by atoms with Gasteiger partial charge in [0.1, 0.15) is 17.9 Å². The third kappa shape index (κ3) is 9.92. The quantitative estimate of drug-likeness (QED) is 0.198. The highest BCUT2D eigenvalue weighted by atomic mass is 16.4. The number of aromatic nitrogens is 1. The summed E-state index contributed by atoms with van der Waals surface area (Å²) in [5, 5.41) is 33.7. The molecule has 0 aromatic carbocycles. The van der Waals surface area contributed by atoms with Gasteiger partial charge in [-0.05, 0) is 37.8 Å². The van der Waals surface area contributed by atoms with Crippen LogP contribution >= 0.6 is 0 Å². The van der Waals surface area contributed by atoms with Gasteiger partial charge in [-0.2, -0.15) is 0 Å². The zero-order valence-corrected chi connectivity index (χ0v) is 16.5. The number of anilines is 1. The fourth-order valence-corrected chi connectivity index (χ4v) is 2.46. The Morgan fingerprint density at radius 3 is 2.06 bits per heavy atom. The van der Waals surface area contributed by atoms with Gasteiger partial charge in [0.15, 0.2) is 0 Å². The molecule has 8 N–H and O–H groups in total. The van der Waals surface area contributed by atoms with Crippen LogP contribution in [0.5, 0.6) is 0 Å². The van der Waals surface area contributed by atoms with Gasteiger partial charge in [-0.1, -0.05) is 0 Å². The van der Waals surface area contributed by atoms with Crippen molar-refractivity contribution in [2.45, 2.75) is 44.2 Å². The number of amides is 3. The molecule has 13 nitrogen and oxygen atoms in total. The number of urea groups is 1. The summed E-state index contributed by atoms with van der Waals surface area (Å²) in [4.78, 5) is 60.6. The minimum atomic E-state index is -1.47. The second kappa shape index (κ2) is 12.6. The molecule has 2 atom stereocenters. The molecule has 2 unspecified atom stereocenters. The number of carboxylic acid groups (broad SMARTS) is 3. The van der Waals surface area contributed by atoms with E-state index in [1.54, 1.807) is 0 Å². The number of carbonyl (C=O) groups is 5. The lowest BCUT2D eigenvalue weighted by Crippen LogP contribution is -2.51. The number of nitrogens with one attached hydrogen (secondary N) is 3. The third-order valence-corrected chi connectivity index (χ3v) is 4.11. The van der Waals surface area contributed by atoms with Crippen molar-refractivity contribution in [3.05, 3.63) is 23.9 Å². The predicted molar refractivity (Wildman–Crippen MR) is 106 cm³/mol. The number of hydrogen-bond acceptors (Lipinski definition) is 7. The molecule has 0 fully saturated rings. The average molecular weight is 439 g/mol. The van der Waals surface area contributed by atoms with Gasteiger partial charge in [0.2, 0.25) is 0 Å². The number of nitrogens with two attached hydrogens (primary N) is 1. The molecule has 0 spiro atoms. The normalized spacial score (nSPS) is 12.3. The lowest BCUT2D eigenvalue weighted by molar-refractivity contribution is -0.140. The van der Waals surface area contributed by atoms with Crippen molar-refractivity contribution in [2.75, 3.05) is 12.3 Å². The monoisotopic (exact) mass is 439 g/mol. The van der Waals surface area contributed by atoms with Gasteiger partial charge in [-0.3, -0.25) is 9.59 Å². The van der Waals surface area contributed by atoms with Crippen molar-refractivity contribution in [3.8, 4) is 0 Å². The summed E-state index contributed by atoms with van der Waals surface area (Å²) in [6, 6.07) is -0.787. The third-order valence-electron chi connectivity index (χ3n) is 4.11. The Labute approximate surface area is 177 Å². The standard InChI is InChI=1S/C18H25N5O8/c19-13-6-4-10(9-21-13)15(26)20-8-2-1-3-11(16(27)28)22-18(31)23-12(17(29)30)5-7-14(24)25/h4,6,9,11-12H,1-3,5,7-8H2,(H2,19,21)(H,20,26)(H,24,25)(H,27,28)(H,29,30)(H2,22,23,31). The van der Waals surface area contributed by atoms with Crippen LogP contribution in [0, 0.1) is 0 Å². The molecule has 1 heterocycles. The largest absolute Gasteiger partial charge is 0.481 e. The molecule has 3 amide bonds. The van der Waals surface area contributed by atoms with E-state index in [0.29, 0.717) is 18.4 Å². The maximum absolute atomic E-state index is 11.9. The van der Waals surface area contributed by atoms with Crippen LogP contribution in [0.3, 0.4) is 0 Å².